The fourth-order valence-electron chi connectivity index (χ4n) is 2.78. The summed E-state index contributed by atoms with van der Waals surface area (Å²) in [6.07, 6.45) is 2.62. The van der Waals surface area contributed by atoms with E-state index in [1.807, 2.05) is 25.7 Å². The second-order valence-electron chi connectivity index (χ2n) is 5.64. The van der Waals surface area contributed by atoms with E-state index < -0.39 is 0 Å². The Kier molecular flexibility index (Phi) is 9.62. The summed E-state index contributed by atoms with van der Waals surface area (Å²) in [5, 5.41) is 0. The lowest BCUT2D eigenvalue weighted by Gasteiger charge is -2.33. The summed E-state index contributed by atoms with van der Waals surface area (Å²) in [5.74, 6) is 0.707. The second-order valence-corrected chi connectivity index (χ2v) is 5.64. The highest BCUT2D eigenvalue weighted by Gasteiger charge is 2.25. The lowest BCUT2D eigenvalue weighted by molar-refractivity contribution is -0.137. The van der Waals surface area contributed by atoms with E-state index in [0.717, 1.165) is 25.9 Å². The number of nitrogens with zero attached hydrogens (tertiary/aromatic N) is 2. The van der Waals surface area contributed by atoms with E-state index in [-0.39, 0.29) is 30.3 Å². The van der Waals surface area contributed by atoms with Gasteiger partial charge >= 0.3 is 0 Å². The van der Waals surface area contributed by atoms with Crippen LogP contribution >= 0.6 is 12.4 Å². The van der Waals surface area contributed by atoms with Gasteiger partial charge in [0.1, 0.15) is 0 Å². The van der Waals surface area contributed by atoms with Gasteiger partial charge in [0, 0.05) is 45.1 Å². The van der Waals surface area contributed by atoms with Crippen molar-refractivity contribution in [2.24, 2.45) is 11.7 Å². The molecule has 1 heterocycles. The van der Waals surface area contributed by atoms with Crippen LogP contribution in [0.5, 0.6) is 0 Å². The van der Waals surface area contributed by atoms with Crippen LogP contribution in [0.2, 0.25) is 0 Å². The average Bonchev–Trinajstić information content (AvgIpc) is 2.46. The maximum atomic E-state index is 12.1. The molecule has 0 aromatic heterocycles. The summed E-state index contributed by atoms with van der Waals surface area (Å²) in [5.41, 5.74) is 5.90. The predicted octanol–water partition coefficient (Wildman–Crippen LogP) is 1.64. The molecule has 0 aromatic rings. The largest absolute Gasteiger partial charge is 0.343 e. The zero-order chi connectivity index (χ0) is 15.1. The number of hydrogen-bond acceptors (Lipinski definition) is 3. The number of piperidine rings is 1. The van der Waals surface area contributed by atoms with E-state index in [4.69, 9.17) is 5.73 Å². The fourth-order valence-corrected chi connectivity index (χ4v) is 2.78. The van der Waals surface area contributed by atoms with E-state index >= 15 is 0 Å². The van der Waals surface area contributed by atoms with Crippen LogP contribution in [0.1, 0.15) is 46.5 Å². The average molecular weight is 320 g/mol. The van der Waals surface area contributed by atoms with Gasteiger partial charge in [-0.05, 0) is 39.5 Å². The lowest BCUT2D eigenvalue weighted by atomic mass is 9.91. The van der Waals surface area contributed by atoms with Crippen molar-refractivity contribution in [3.63, 3.8) is 0 Å². The minimum Gasteiger partial charge on any atom is -0.343 e. The van der Waals surface area contributed by atoms with E-state index in [2.05, 4.69) is 0 Å². The molecule has 0 spiro atoms. The highest BCUT2D eigenvalue weighted by atomic mass is 35.5. The maximum Gasteiger partial charge on any atom is 0.223 e. The Morgan fingerprint density at radius 2 is 1.71 bits per heavy atom. The van der Waals surface area contributed by atoms with Crippen LogP contribution in [0.4, 0.5) is 0 Å². The molecule has 2 amide bonds. The first kappa shape index (κ1) is 20.2. The Morgan fingerprint density at radius 3 is 2.14 bits per heavy atom. The standard InChI is InChI=1S/C15H29N3O2.ClH/c1-4-17(5-2)14(19)6-7-15(20)18-10-8-13(9-11-18)12(3)16;/h12-13H,4-11,16H2,1-3H3;1H. The van der Waals surface area contributed by atoms with Gasteiger partial charge in [-0.15, -0.1) is 12.4 Å². The summed E-state index contributed by atoms with van der Waals surface area (Å²) >= 11 is 0. The first-order valence-electron chi connectivity index (χ1n) is 7.80. The zero-order valence-electron chi connectivity index (χ0n) is 13.5. The first-order chi connectivity index (χ1) is 9.49. The minimum absolute atomic E-state index is 0. The SMILES string of the molecule is CCN(CC)C(=O)CCC(=O)N1CCC(C(C)N)CC1.Cl. The molecule has 0 saturated carbocycles. The van der Waals surface area contributed by atoms with Crippen LogP contribution in [-0.4, -0.2) is 53.8 Å². The molecule has 0 bridgehead atoms. The zero-order valence-corrected chi connectivity index (χ0v) is 14.3. The van der Waals surface area contributed by atoms with Crippen LogP contribution in [0, 0.1) is 5.92 Å². The highest BCUT2D eigenvalue weighted by Crippen LogP contribution is 2.20. The van der Waals surface area contributed by atoms with Crippen LogP contribution in [0.15, 0.2) is 0 Å². The molecule has 5 nitrogen and oxygen atoms in total. The van der Waals surface area contributed by atoms with Crippen molar-refractivity contribution >= 4 is 24.2 Å². The number of rotatable bonds is 6. The highest BCUT2D eigenvalue weighted by molar-refractivity contribution is 5.85. The summed E-state index contributed by atoms with van der Waals surface area (Å²) in [6, 6.07) is 0.205. The maximum absolute atomic E-state index is 12.1. The first-order valence-corrected chi connectivity index (χ1v) is 7.80. The Bertz CT molecular complexity index is 325. The molecule has 1 saturated heterocycles. The molecular formula is C15H30ClN3O2. The Morgan fingerprint density at radius 1 is 1.19 bits per heavy atom. The molecular weight excluding hydrogens is 290 g/mol. The monoisotopic (exact) mass is 319 g/mol. The van der Waals surface area contributed by atoms with Crippen molar-refractivity contribution in [3.05, 3.63) is 0 Å². The molecule has 0 aliphatic carbocycles. The fraction of sp³-hybridized carbons (Fsp3) is 0.867. The number of nitrogens with two attached hydrogens (primary N) is 1. The topological polar surface area (TPSA) is 66.6 Å². The van der Waals surface area contributed by atoms with Gasteiger partial charge in [-0.3, -0.25) is 9.59 Å². The number of likely N-dealkylation sites (tertiary alicyclic amines) is 1. The van der Waals surface area contributed by atoms with Crippen molar-refractivity contribution in [3.8, 4) is 0 Å². The Labute approximate surface area is 134 Å². The summed E-state index contributed by atoms with van der Waals surface area (Å²) in [6.45, 7) is 8.94. The van der Waals surface area contributed by atoms with Gasteiger partial charge in [-0.1, -0.05) is 0 Å². The van der Waals surface area contributed by atoms with Crippen LogP contribution in [-0.2, 0) is 9.59 Å². The van der Waals surface area contributed by atoms with Crippen LogP contribution in [0.25, 0.3) is 0 Å². The van der Waals surface area contributed by atoms with Gasteiger partial charge in [0.05, 0.1) is 0 Å². The van der Waals surface area contributed by atoms with Crippen LogP contribution < -0.4 is 5.73 Å². The molecule has 1 aliphatic heterocycles. The Balaban J connectivity index is 0.00000400. The molecule has 2 N–H and O–H groups in total. The molecule has 1 unspecified atom stereocenters. The molecule has 124 valence electrons. The third kappa shape index (κ3) is 6.22. The lowest BCUT2D eigenvalue weighted by Crippen LogP contribution is -2.42. The molecule has 6 heteroatoms. The van der Waals surface area contributed by atoms with E-state index in [9.17, 15) is 9.59 Å². The molecule has 0 aromatic carbocycles. The number of hydrogen-bond donors (Lipinski definition) is 1. The van der Waals surface area contributed by atoms with E-state index in [1.54, 1.807) is 4.90 Å². The van der Waals surface area contributed by atoms with Crippen LogP contribution in [0.3, 0.4) is 0 Å². The molecule has 1 atom stereocenters. The van der Waals surface area contributed by atoms with Crippen molar-refractivity contribution in [2.45, 2.75) is 52.5 Å². The van der Waals surface area contributed by atoms with Gasteiger partial charge < -0.3 is 15.5 Å². The van der Waals surface area contributed by atoms with E-state index in [1.165, 1.54) is 0 Å². The van der Waals surface area contributed by atoms with Gasteiger partial charge in [-0.2, -0.15) is 0 Å². The summed E-state index contributed by atoms with van der Waals surface area (Å²) < 4.78 is 0. The normalized spacial score (nSPS) is 17.0. The molecule has 0 radical (unpaired) electrons. The van der Waals surface area contributed by atoms with Gasteiger partial charge in [0.15, 0.2) is 0 Å². The smallest absolute Gasteiger partial charge is 0.223 e. The molecule has 1 fully saturated rings. The van der Waals surface area contributed by atoms with Gasteiger partial charge in [0.25, 0.3) is 0 Å². The number of halogens is 1. The number of carbonyl (C=O) groups is 2. The second kappa shape index (κ2) is 10.0. The van der Waals surface area contributed by atoms with Crippen molar-refractivity contribution in [1.29, 1.82) is 0 Å². The molecule has 21 heavy (non-hydrogen) atoms. The van der Waals surface area contributed by atoms with Crippen molar-refractivity contribution in [1.82, 2.24) is 9.80 Å². The van der Waals surface area contributed by atoms with Gasteiger partial charge in [0.2, 0.25) is 11.8 Å². The summed E-state index contributed by atoms with van der Waals surface area (Å²) in [4.78, 5) is 27.6. The van der Waals surface area contributed by atoms with Gasteiger partial charge in [-0.25, -0.2) is 0 Å². The quantitative estimate of drug-likeness (QED) is 0.809. The third-order valence-electron chi connectivity index (χ3n) is 4.30. The summed E-state index contributed by atoms with van der Waals surface area (Å²) in [7, 11) is 0. The number of amides is 2. The molecule has 1 rings (SSSR count). The Hall–Kier alpha value is -0.810. The number of carbonyl (C=O) groups excluding carboxylic acids is 2. The minimum atomic E-state index is 0. The van der Waals surface area contributed by atoms with E-state index in [0.29, 0.717) is 31.8 Å². The predicted molar refractivity (Wildman–Crippen MR) is 87.4 cm³/mol. The third-order valence-corrected chi connectivity index (χ3v) is 4.30. The van der Waals surface area contributed by atoms with Crippen molar-refractivity contribution in [2.75, 3.05) is 26.2 Å². The van der Waals surface area contributed by atoms with Crippen molar-refractivity contribution < 1.29 is 9.59 Å². The molecule has 1 aliphatic rings.